The second-order valence-electron chi connectivity index (χ2n) is 3.86. The van der Waals surface area contributed by atoms with E-state index in [9.17, 15) is 4.79 Å². The number of hydrogen-bond donors (Lipinski definition) is 3. The van der Waals surface area contributed by atoms with Gasteiger partial charge in [-0.25, -0.2) is 10.8 Å². The summed E-state index contributed by atoms with van der Waals surface area (Å²) in [6.07, 6.45) is 0.739. The van der Waals surface area contributed by atoms with E-state index in [1.165, 1.54) is 12.1 Å². The number of halogens is 1. The van der Waals surface area contributed by atoms with E-state index < -0.39 is 0 Å². The number of nitrogens with one attached hydrogen (secondary N) is 2. The molecule has 6 nitrogen and oxygen atoms in total. The number of hydrogen-bond acceptors (Lipinski definition) is 5. The van der Waals surface area contributed by atoms with Crippen LogP contribution in [0.15, 0.2) is 12.1 Å². The highest BCUT2D eigenvalue weighted by atomic mass is 35.5. The number of carbonyl (C=O) groups excluding carboxylic acids is 1. The largest absolute Gasteiger partial charge is 0.385 e. The van der Waals surface area contributed by atoms with E-state index in [1.807, 2.05) is 6.92 Å². The van der Waals surface area contributed by atoms with E-state index in [1.54, 1.807) is 7.11 Å². The minimum atomic E-state index is -0.223. The number of rotatable bonds is 6. The van der Waals surface area contributed by atoms with Crippen LogP contribution in [0, 0.1) is 0 Å². The number of hydrazine groups is 1. The molecule has 0 aromatic carbocycles. The van der Waals surface area contributed by atoms with Gasteiger partial charge >= 0.3 is 0 Å². The zero-order valence-corrected chi connectivity index (χ0v) is 11.1. The molecule has 1 amide bonds. The highest BCUT2D eigenvalue weighted by Crippen LogP contribution is 2.13. The van der Waals surface area contributed by atoms with Gasteiger partial charge in [0.15, 0.2) is 0 Å². The Morgan fingerprint density at radius 1 is 1.61 bits per heavy atom. The van der Waals surface area contributed by atoms with Gasteiger partial charge in [-0.2, -0.15) is 0 Å². The lowest BCUT2D eigenvalue weighted by Crippen LogP contribution is -2.33. The van der Waals surface area contributed by atoms with Gasteiger partial charge in [-0.1, -0.05) is 11.6 Å². The first-order valence-electron chi connectivity index (χ1n) is 5.50. The van der Waals surface area contributed by atoms with Gasteiger partial charge < -0.3 is 15.5 Å². The van der Waals surface area contributed by atoms with Crippen LogP contribution in [0.3, 0.4) is 0 Å². The topological polar surface area (TPSA) is 89.3 Å². The smallest absolute Gasteiger partial charge is 0.251 e. The van der Waals surface area contributed by atoms with Gasteiger partial charge in [-0.3, -0.25) is 4.79 Å². The third kappa shape index (κ3) is 4.48. The molecule has 18 heavy (non-hydrogen) atoms. The second kappa shape index (κ2) is 7.15. The van der Waals surface area contributed by atoms with Crippen LogP contribution in [-0.4, -0.2) is 30.6 Å². The van der Waals surface area contributed by atoms with Crippen molar-refractivity contribution in [3.05, 3.63) is 22.8 Å². The van der Waals surface area contributed by atoms with Crippen LogP contribution >= 0.6 is 11.6 Å². The standard InChI is InChI=1S/C11H17ClN4O2/c1-7(3-4-18-2)14-11(17)8-5-9(12)15-10(6-8)16-13/h5-7H,3-4,13H2,1-2H3,(H,14,17)(H,15,16). The zero-order valence-electron chi connectivity index (χ0n) is 10.4. The fraction of sp³-hybridized carbons (Fsp3) is 0.455. The predicted molar refractivity (Wildman–Crippen MR) is 70.5 cm³/mol. The summed E-state index contributed by atoms with van der Waals surface area (Å²) in [6, 6.07) is 3.03. The van der Waals surface area contributed by atoms with E-state index >= 15 is 0 Å². The molecule has 0 saturated carbocycles. The number of nitrogens with zero attached hydrogens (tertiary/aromatic N) is 1. The van der Waals surface area contributed by atoms with Crippen molar-refractivity contribution in [1.82, 2.24) is 10.3 Å². The quantitative estimate of drug-likeness (QED) is 0.411. The monoisotopic (exact) mass is 272 g/mol. The molecule has 0 radical (unpaired) electrons. The molecule has 0 fully saturated rings. The molecule has 0 bridgehead atoms. The Morgan fingerprint density at radius 2 is 2.33 bits per heavy atom. The fourth-order valence-electron chi connectivity index (χ4n) is 1.38. The second-order valence-corrected chi connectivity index (χ2v) is 4.25. The summed E-state index contributed by atoms with van der Waals surface area (Å²) < 4.78 is 4.95. The molecule has 1 aromatic rings. The van der Waals surface area contributed by atoms with Crippen LogP contribution < -0.4 is 16.6 Å². The molecule has 0 spiro atoms. The number of anilines is 1. The van der Waals surface area contributed by atoms with Crippen molar-refractivity contribution in [3.8, 4) is 0 Å². The van der Waals surface area contributed by atoms with Crippen LogP contribution in [0.1, 0.15) is 23.7 Å². The third-order valence-corrected chi connectivity index (χ3v) is 2.53. The Bertz CT molecular complexity index is 414. The van der Waals surface area contributed by atoms with E-state index in [0.29, 0.717) is 18.0 Å². The normalized spacial score (nSPS) is 12.0. The van der Waals surface area contributed by atoms with Crippen molar-refractivity contribution >= 4 is 23.3 Å². The summed E-state index contributed by atoms with van der Waals surface area (Å²) in [5.74, 6) is 5.36. The average Bonchev–Trinajstić information content (AvgIpc) is 2.35. The first kappa shape index (κ1) is 14.7. The summed E-state index contributed by atoms with van der Waals surface area (Å²) in [7, 11) is 1.62. The predicted octanol–water partition coefficient (Wildman–Crippen LogP) is 1.18. The Kier molecular flexibility index (Phi) is 5.84. The number of nitrogen functional groups attached to an aromatic ring is 1. The lowest BCUT2D eigenvalue weighted by atomic mass is 10.2. The van der Waals surface area contributed by atoms with Crippen molar-refractivity contribution in [1.29, 1.82) is 0 Å². The minimum Gasteiger partial charge on any atom is -0.385 e. The maximum Gasteiger partial charge on any atom is 0.251 e. The molecule has 1 unspecified atom stereocenters. The summed E-state index contributed by atoms with van der Waals surface area (Å²) >= 11 is 5.79. The zero-order chi connectivity index (χ0) is 13.5. The van der Waals surface area contributed by atoms with Crippen molar-refractivity contribution in [2.24, 2.45) is 5.84 Å². The van der Waals surface area contributed by atoms with E-state index in [0.717, 1.165) is 6.42 Å². The Labute approximate surface area is 111 Å². The first-order valence-corrected chi connectivity index (χ1v) is 5.88. The van der Waals surface area contributed by atoms with Crippen LogP contribution in [0.5, 0.6) is 0 Å². The van der Waals surface area contributed by atoms with Gasteiger partial charge in [0.2, 0.25) is 0 Å². The Balaban J connectivity index is 2.68. The van der Waals surface area contributed by atoms with E-state index in [4.69, 9.17) is 22.2 Å². The lowest BCUT2D eigenvalue weighted by molar-refractivity contribution is 0.0929. The number of ether oxygens (including phenoxy) is 1. The lowest BCUT2D eigenvalue weighted by Gasteiger charge is -2.13. The maximum atomic E-state index is 11.9. The Hall–Kier alpha value is -1.37. The van der Waals surface area contributed by atoms with Crippen molar-refractivity contribution in [2.75, 3.05) is 19.1 Å². The SMILES string of the molecule is COCCC(C)NC(=O)c1cc(Cl)nc(NN)c1. The number of methoxy groups -OCH3 is 1. The molecule has 4 N–H and O–H groups in total. The summed E-state index contributed by atoms with van der Waals surface area (Å²) in [5, 5.41) is 3.04. The fourth-order valence-corrected chi connectivity index (χ4v) is 1.58. The van der Waals surface area contributed by atoms with Gasteiger partial charge in [0.05, 0.1) is 0 Å². The maximum absolute atomic E-state index is 11.9. The highest BCUT2D eigenvalue weighted by Gasteiger charge is 2.11. The molecule has 0 aliphatic carbocycles. The number of aromatic nitrogens is 1. The van der Waals surface area contributed by atoms with Crippen molar-refractivity contribution < 1.29 is 9.53 Å². The summed E-state index contributed by atoms with van der Waals surface area (Å²) in [6.45, 7) is 2.50. The van der Waals surface area contributed by atoms with Crippen LogP contribution in [-0.2, 0) is 4.74 Å². The Morgan fingerprint density at radius 3 is 2.94 bits per heavy atom. The molecule has 1 aromatic heterocycles. The van der Waals surface area contributed by atoms with Crippen molar-refractivity contribution in [2.45, 2.75) is 19.4 Å². The molecule has 1 rings (SSSR count). The minimum absolute atomic E-state index is 0.0127. The highest BCUT2D eigenvalue weighted by molar-refractivity contribution is 6.29. The molecule has 7 heteroatoms. The number of nitrogens with two attached hydrogens (primary N) is 1. The number of carbonyl (C=O) groups is 1. The molecule has 1 heterocycles. The molecular formula is C11H17ClN4O2. The molecule has 1 atom stereocenters. The number of amides is 1. The number of pyridine rings is 1. The van der Waals surface area contributed by atoms with E-state index in [2.05, 4.69) is 15.7 Å². The van der Waals surface area contributed by atoms with Crippen LogP contribution in [0.25, 0.3) is 0 Å². The van der Waals surface area contributed by atoms with E-state index in [-0.39, 0.29) is 17.1 Å². The van der Waals surface area contributed by atoms with Gasteiger partial charge in [0.25, 0.3) is 5.91 Å². The molecular weight excluding hydrogens is 256 g/mol. The van der Waals surface area contributed by atoms with Gasteiger partial charge in [-0.05, 0) is 25.5 Å². The summed E-state index contributed by atoms with van der Waals surface area (Å²) in [5.41, 5.74) is 2.76. The summed E-state index contributed by atoms with van der Waals surface area (Å²) in [4.78, 5) is 15.8. The molecule has 100 valence electrons. The third-order valence-electron chi connectivity index (χ3n) is 2.34. The van der Waals surface area contributed by atoms with Gasteiger partial charge in [0, 0.05) is 25.3 Å². The molecule has 0 aliphatic heterocycles. The molecule has 0 aliphatic rings. The van der Waals surface area contributed by atoms with Gasteiger partial charge in [-0.15, -0.1) is 0 Å². The van der Waals surface area contributed by atoms with Crippen LogP contribution in [0.4, 0.5) is 5.82 Å². The molecule has 0 saturated heterocycles. The van der Waals surface area contributed by atoms with Crippen molar-refractivity contribution in [3.63, 3.8) is 0 Å². The first-order chi connectivity index (χ1) is 8.56. The average molecular weight is 273 g/mol. The van der Waals surface area contributed by atoms with Gasteiger partial charge in [0.1, 0.15) is 11.0 Å². The van der Waals surface area contributed by atoms with Crippen LogP contribution in [0.2, 0.25) is 5.15 Å².